The van der Waals surface area contributed by atoms with E-state index < -0.39 is 0 Å². The van der Waals surface area contributed by atoms with Gasteiger partial charge in [-0.25, -0.2) is 0 Å². The van der Waals surface area contributed by atoms with Crippen molar-refractivity contribution in [3.63, 3.8) is 0 Å². The number of carbonyl (C=O) groups is 1. The van der Waals surface area contributed by atoms with Gasteiger partial charge in [-0.05, 0) is 47.4 Å². The zero-order chi connectivity index (χ0) is 25.3. The van der Waals surface area contributed by atoms with E-state index in [4.69, 9.17) is 21.1 Å². The third kappa shape index (κ3) is 6.36. The van der Waals surface area contributed by atoms with Gasteiger partial charge in [-0.1, -0.05) is 78.0 Å². The van der Waals surface area contributed by atoms with Gasteiger partial charge in [0.05, 0.1) is 18.6 Å². The quantitative estimate of drug-likeness (QED) is 0.187. The summed E-state index contributed by atoms with van der Waals surface area (Å²) in [5, 5.41) is 9.44. The van der Waals surface area contributed by atoms with Crippen molar-refractivity contribution in [2.45, 2.75) is 18.3 Å². The Labute approximate surface area is 220 Å². The first-order valence-corrected chi connectivity index (χ1v) is 12.6. The number of ether oxygens (including phenoxy) is 2. The molecule has 1 heterocycles. The number of hydrogen-bond donors (Lipinski definition) is 0. The summed E-state index contributed by atoms with van der Waals surface area (Å²) in [4.78, 5) is 14.6. The van der Waals surface area contributed by atoms with Gasteiger partial charge in [0.2, 0.25) is 5.91 Å². The molecule has 184 valence electrons. The molecule has 1 saturated heterocycles. The summed E-state index contributed by atoms with van der Waals surface area (Å²) >= 11 is 7.68. The normalized spacial score (nSPS) is 16.6. The minimum atomic E-state index is -0.319. The van der Waals surface area contributed by atoms with Crippen molar-refractivity contribution in [2.24, 2.45) is 10.2 Å². The van der Waals surface area contributed by atoms with Gasteiger partial charge < -0.3 is 9.47 Å². The lowest BCUT2D eigenvalue weighted by molar-refractivity contribution is -0.125. The van der Waals surface area contributed by atoms with Gasteiger partial charge >= 0.3 is 0 Å². The fourth-order valence-electron chi connectivity index (χ4n) is 3.64. The predicted molar refractivity (Wildman–Crippen MR) is 147 cm³/mol. The molecule has 0 saturated carbocycles. The maximum Gasteiger partial charge on any atom is 0.242 e. The van der Waals surface area contributed by atoms with Crippen LogP contribution in [0.25, 0.3) is 0 Å². The highest BCUT2D eigenvalue weighted by atomic mass is 35.5. The van der Waals surface area contributed by atoms with Crippen molar-refractivity contribution < 1.29 is 14.3 Å². The topological polar surface area (TPSA) is 63.5 Å². The maximum absolute atomic E-state index is 13.0. The molecule has 0 aromatic heterocycles. The maximum atomic E-state index is 13.0. The summed E-state index contributed by atoms with van der Waals surface area (Å²) in [7, 11) is 1.60. The molecule has 8 heteroatoms. The Balaban J connectivity index is 1.46. The van der Waals surface area contributed by atoms with E-state index in [1.165, 1.54) is 11.8 Å². The molecule has 1 atom stereocenters. The summed E-state index contributed by atoms with van der Waals surface area (Å²) < 4.78 is 11.4. The number of methoxy groups -OCH3 is 1. The zero-order valence-corrected chi connectivity index (χ0v) is 21.4. The molecule has 3 aromatic carbocycles. The van der Waals surface area contributed by atoms with E-state index in [9.17, 15) is 4.79 Å². The number of nitrogens with zero attached hydrogens (tertiary/aromatic N) is 3. The Morgan fingerprint density at radius 2 is 1.86 bits per heavy atom. The van der Waals surface area contributed by atoms with E-state index in [0.717, 1.165) is 16.7 Å². The molecule has 1 aliphatic heterocycles. The fourth-order valence-corrected chi connectivity index (χ4v) is 4.99. The molecule has 6 nitrogen and oxygen atoms in total. The van der Waals surface area contributed by atoms with Crippen molar-refractivity contribution in [3.8, 4) is 11.5 Å². The van der Waals surface area contributed by atoms with E-state index in [2.05, 4.69) is 16.8 Å². The van der Waals surface area contributed by atoms with Crippen LogP contribution in [0.15, 0.2) is 95.7 Å². The summed E-state index contributed by atoms with van der Waals surface area (Å²) in [6.07, 6.45) is 3.81. The first-order valence-electron chi connectivity index (χ1n) is 11.4. The van der Waals surface area contributed by atoms with Gasteiger partial charge in [0, 0.05) is 11.6 Å². The fraction of sp³-hybridized carbons (Fsp3) is 0.179. The second-order valence-corrected chi connectivity index (χ2v) is 9.53. The Morgan fingerprint density at radius 1 is 1.08 bits per heavy atom. The molecule has 0 aliphatic carbocycles. The van der Waals surface area contributed by atoms with Crippen LogP contribution in [-0.2, 0) is 17.8 Å². The van der Waals surface area contributed by atoms with Crippen molar-refractivity contribution in [2.75, 3.05) is 13.7 Å². The largest absolute Gasteiger partial charge is 0.493 e. The summed E-state index contributed by atoms with van der Waals surface area (Å²) in [6.45, 7) is 4.57. The monoisotopic (exact) mass is 519 g/mol. The minimum Gasteiger partial charge on any atom is -0.493 e. The number of rotatable bonds is 10. The molecule has 0 radical (unpaired) electrons. The van der Waals surface area contributed by atoms with Crippen LogP contribution in [0.5, 0.6) is 11.5 Å². The highest BCUT2D eigenvalue weighted by molar-refractivity contribution is 8.15. The Morgan fingerprint density at radius 3 is 2.61 bits per heavy atom. The van der Waals surface area contributed by atoms with E-state index in [1.54, 1.807) is 24.3 Å². The Kier molecular flexibility index (Phi) is 8.81. The number of hydrogen-bond acceptors (Lipinski definition) is 6. The third-order valence-electron chi connectivity index (χ3n) is 5.47. The molecule has 1 fully saturated rings. The predicted octanol–water partition coefficient (Wildman–Crippen LogP) is 5.99. The SMILES string of the molecule is C=CCN1C(=O)C(Cc2ccccc2Cl)SC1=NN=Cc1ccc(OCc2ccccc2)c(OC)c1. The van der Waals surface area contributed by atoms with Crippen molar-refractivity contribution in [3.05, 3.63) is 107 Å². The molecule has 0 spiro atoms. The van der Waals surface area contributed by atoms with Gasteiger partial charge in [0.15, 0.2) is 16.7 Å². The first-order chi connectivity index (χ1) is 17.6. The average Bonchev–Trinajstić information content (AvgIpc) is 3.19. The van der Waals surface area contributed by atoms with E-state index >= 15 is 0 Å². The van der Waals surface area contributed by atoms with Crippen LogP contribution in [0.1, 0.15) is 16.7 Å². The van der Waals surface area contributed by atoms with Crippen LogP contribution in [0.3, 0.4) is 0 Å². The molecule has 1 aliphatic rings. The second-order valence-electron chi connectivity index (χ2n) is 7.95. The van der Waals surface area contributed by atoms with Crippen LogP contribution >= 0.6 is 23.4 Å². The van der Waals surface area contributed by atoms with E-state index in [1.807, 2.05) is 72.8 Å². The molecule has 4 rings (SSSR count). The Hall–Kier alpha value is -3.55. The number of carbonyl (C=O) groups excluding carboxylic acids is 1. The molecular weight excluding hydrogens is 494 g/mol. The van der Waals surface area contributed by atoms with Gasteiger partial charge in [-0.2, -0.15) is 5.10 Å². The van der Waals surface area contributed by atoms with Crippen molar-refractivity contribution in [1.29, 1.82) is 0 Å². The smallest absolute Gasteiger partial charge is 0.242 e. The van der Waals surface area contributed by atoms with Crippen molar-refractivity contribution in [1.82, 2.24) is 4.90 Å². The van der Waals surface area contributed by atoms with Gasteiger partial charge in [0.1, 0.15) is 6.61 Å². The molecule has 3 aromatic rings. The standard InChI is InChI=1S/C28H26ClN3O3S/c1-3-15-32-27(33)26(17-22-11-7-8-12-23(22)29)36-28(32)31-30-18-21-13-14-24(25(16-21)34-2)35-19-20-9-5-4-6-10-20/h3-14,16,18,26H,1,15,17,19H2,2H3. The van der Waals surface area contributed by atoms with Gasteiger partial charge in [-0.15, -0.1) is 11.7 Å². The summed E-state index contributed by atoms with van der Waals surface area (Å²) in [5.74, 6) is 1.21. The van der Waals surface area contributed by atoms with E-state index in [0.29, 0.717) is 41.3 Å². The summed E-state index contributed by atoms with van der Waals surface area (Å²) in [6, 6.07) is 23.0. The van der Waals surface area contributed by atoms with Gasteiger partial charge in [0.25, 0.3) is 0 Å². The van der Waals surface area contributed by atoms with Crippen LogP contribution in [0.2, 0.25) is 5.02 Å². The second kappa shape index (κ2) is 12.4. The number of halogens is 1. The summed E-state index contributed by atoms with van der Waals surface area (Å²) in [5.41, 5.74) is 2.79. The van der Waals surface area contributed by atoms with Crippen LogP contribution in [-0.4, -0.2) is 41.1 Å². The zero-order valence-electron chi connectivity index (χ0n) is 19.8. The van der Waals surface area contributed by atoms with Crippen LogP contribution in [0, 0.1) is 0 Å². The number of benzene rings is 3. The molecule has 0 bridgehead atoms. The van der Waals surface area contributed by atoms with Gasteiger partial charge in [-0.3, -0.25) is 9.69 Å². The number of thioether (sulfide) groups is 1. The number of amidine groups is 1. The van der Waals surface area contributed by atoms with Crippen LogP contribution < -0.4 is 9.47 Å². The highest BCUT2D eigenvalue weighted by Gasteiger charge is 2.37. The molecule has 36 heavy (non-hydrogen) atoms. The lowest BCUT2D eigenvalue weighted by atomic mass is 10.1. The highest BCUT2D eigenvalue weighted by Crippen LogP contribution is 2.32. The minimum absolute atomic E-state index is 0.0321. The van der Waals surface area contributed by atoms with Crippen LogP contribution in [0.4, 0.5) is 0 Å². The Bertz CT molecular complexity index is 1280. The lowest BCUT2D eigenvalue weighted by Gasteiger charge is -2.13. The lowest BCUT2D eigenvalue weighted by Crippen LogP contribution is -2.32. The first kappa shape index (κ1) is 25.5. The molecule has 1 amide bonds. The van der Waals surface area contributed by atoms with E-state index in [-0.39, 0.29) is 11.2 Å². The molecule has 1 unspecified atom stereocenters. The van der Waals surface area contributed by atoms with Crippen molar-refractivity contribution >= 4 is 40.7 Å². The third-order valence-corrected chi connectivity index (χ3v) is 7.00. The molecular formula is C28H26ClN3O3S. The molecule has 0 N–H and O–H groups in total. The average molecular weight is 520 g/mol. The number of amides is 1.